The van der Waals surface area contributed by atoms with Crippen molar-refractivity contribution in [3.63, 3.8) is 0 Å². The minimum Gasteiger partial charge on any atom is -0.308 e. The van der Waals surface area contributed by atoms with Gasteiger partial charge in [0.25, 0.3) is 0 Å². The fourth-order valence-corrected chi connectivity index (χ4v) is 1.64. The smallest absolute Gasteiger partial charge is 0.161 e. The summed E-state index contributed by atoms with van der Waals surface area (Å²) in [7, 11) is 0. The number of hydrogen-bond acceptors (Lipinski definition) is 1. The van der Waals surface area contributed by atoms with Gasteiger partial charge in [0.15, 0.2) is 11.6 Å². The van der Waals surface area contributed by atoms with Crippen LogP contribution < -0.4 is 5.32 Å². The van der Waals surface area contributed by atoms with Crippen LogP contribution in [0, 0.1) is 23.4 Å². The van der Waals surface area contributed by atoms with Gasteiger partial charge >= 0.3 is 0 Å². The number of benzene rings is 1. The molecule has 1 rings (SSSR count). The maximum absolute atomic E-state index is 13.7. The molecule has 1 aromatic rings. The molecule has 0 unspecified atom stereocenters. The molecule has 0 heterocycles. The lowest BCUT2D eigenvalue weighted by atomic mass is 9.98. The second-order valence-corrected chi connectivity index (χ2v) is 6.27. The monoisotopic (exact) mass is 285 g/mol. The molecular formula is C16H22F3N. The minimum absolute atomic E-state index is 0.0689. The fraction of sp³-hybridized carbons (Fsp3) is 0.500. The van der Waals surface area contributed by atoms with Gasteiger partial charge in [0.1, 0.15) is 5.82 Å². The van der Waals surface area contributed by atoms with Crippen LogP contribution in [0.2, 0.25) is 0 Å². The maximum Gasteiger partial charge on any atom is 0.161 e. The quantitative estimate of drug-likeness (QED) is 0.801. The normalized spacial score (nSPS) is 13.2. The summed E-state index contributed by atoms with van der Waals surface area (Å²) in [5.41, 5.74) is 0.939. The molecule has 0 saturated carbocycles. The average Bonchev–Trinajstić information content (AvgIpc) is 2.29. The van der Waals surface area contributed by atoms with Crippen LogP contribution in [0.25, 0.3) is 6.08 Å². The summed E-state index contributed by atoms with van der Waals surface area (Å²) in [6.07, 6.45) is 1.58. The van der Waals surface area contributed by atoms with Gasteiger partial charge < -0.3 is 5.32 Å². The first-order chi connectivity index (χ1) is 9.10. The van der Waals surface area contributed by atoms with Gasteiger partial charge in [0.05, 0.1) is 0 Å². The van der Waals surface area contributed by atoms with E-state index in [2.05, 4.69) is 5.32 Å². The molecule has 0 aromatic heterocycles. The Kier molecular flexibility index (Phi) is 5.40. The van der Waals surface area contributed by atoms with Crippen LogP contribution in [0.5, 0.6) is 0 Å². The molecule has 0 aliphatic heterocycles. The van der Waals surface area contributed by atoms with Gasteiger partial charge in [0.2, 0.25) is 0 Å². The van der Waals surface area contributed by atoms with Crippen molar-refractivity contribution < 1.29 is 13.2 Å². The van der Waals surface area contributed by atoms with Crippen molar-refractivity contribution in [2.24, 2.45) is 5.92 Å². The SMILES string of the molecule is CC(C)/C(=C/c1cc(F)c(F)cc1F)CNC(C)(C)C. The summed E-state index contributed by atoms with van der Waals surface area (Å²) in [6, 6.07) is 1.47. The molecule has 0 radical (unpaired) electrons. The van der Waals surface area contributed by atoms with Crippen LogP contribution in [-0.2, 0) is 0 Å². The van der Waals surface area contributed by atoms with Gasteiger partial charge in [-0.3, -0.25) is 0 Å². The standard InChI is InChI=1S/C16H22F3N/c1-10(2)12(9-20-16(3,4)5)6-11-7-14(18)15(19)8-13(11)17/h6-8,10,20H,9H2,1-5H3/b12-6+. The zero-order valence-corrected chi connectivity index (χ0v) is 12.7. The molecule has 112 valence electrons. The van der Waals surface area contributed by atoms with E-state index < -0.39 is 17.5 Å². The first kappa shape index (κ1) is 16.8. The van der Waals surface area contributed by atoms with Crippen molar-refractivity contribution in [3.8, 4) is 0 Å². The van der Waals surface area contributed by atoms with Crippen LogP contribution in [0.1, 0.15) is 40.2 Å². The third-order valence-electron chi connectivity index (χ3n) is 2.94. The van der Waals surface area contributed by atoms with Crippen molar-refractivity contribution in [1.29, 1.82) is 0 Å². The average molecular weight is 285 g/mol. The largest absolute Gasteiger partial charge is 0.308 e. The minimum atomic E-state index is -1.17. The lowest BCUT2D eigenvalue weighted by Crippen LogP contribution is -2.37. The second kappa shape index (κ2) is 6.44. The van der Waals surface area contributed by atoms with Crippen LogP contribution in [0.4, 0.5) is 13.2 Å². The van der Waals surface area contributed by atoms with E-state index in [0.717, 1.165) is 11.6 Å². The molecule has 0 aliphatic rings. The molecule has 0 aliphatic carbocycles. The van der Waals surface area contributed by atoms with Crippen molar-refractivity contribution in [3.05, 3.63) is 40.7 Å². The fourth-order valence-electron chi connectivity index (χ4n) is 1.64. The Morgan fingerprint density at radius 3 is 2.15 bits per heavy atom. The van der Waals surface area contributed by atoms with E-state index in [4.69, 9.17) is 0 Å². The van der Waals surface area contributed by atoms with E-state index >= 15 is 0 Å². The molecule has 20 heavy (non-hydrogen) atoms. The summed E-state index contributed by atoms with van der Waals surface area (Å²) >= 11 is 0. The third kappa shape index (κ3) is 5.00. The number of rotatable bonds is 4. The van der Waals surface area contributed by atoms with Crippen LogP contribution in [-0.4, -0.2) is 12.1 Å². The highest BCUT2D eigenvalue weighted by molar-refractivity contribution is 5.54. The van der Waals surface area contributed by atoms with Gasteiger partial charge in [0, 0.05) is 23.7 Å². The van der Waals surface area contributed by atoms with E-state index in [-0.39, 0.29) is 17.0 Å². The Morgan fingerprint density at radius 1 is 1.10 bits per heavy atom. The highest BCUT2D eigenvalue weighted by Crippen LogP contribution is 2.20. The van der Waals surface area contributed by atoms with Crippen LogP contribution in [0.15, 0.2) is 17.7 Å². The summed E-state index contributed by atoms with van der Waals surface area (Å²) in [6.45, 7) is 10.6. The molecule has 0 atom stereocenters. The van der Waals surface area contributed by atoms with Gasteiger partial charge in [-0.05, 0) is 32.8 Å². The number of hydrogen-bond donors (Lipinski definition) is 1. The van der Waals surface area contributed by atoms with Gasteiger partial charge in [-0.2, -0.15) is 0 Å². The number of halogens is 3. The Labute approximate surface area is 118 Å². The highest BCUT2D eigenvalue weighted by atomic mass is 19.2. The maximum atomic E-state index is 13.7. The highest BCUT2D eigenvalue weighted by Gasteiger charge is 2.13. The second-order valence-electron chi connectivity index (χ2n) is 6.27. The molecule has 0 bridgehead atoms. The van der Waals surface area contributed by atoms with Crippen LogP contribution >= 0.6 is 0 Å². The molecule has 4 heteroatoms. The summed E-state index contributed by atoms with van der Waals surface area (Å²) in [4.78, 5) is 0. The van der Waals surface area contributed by atoms with Crippen molar-refractivity contribution >= 4 is 6.08 Å². The predicted octanol–water partition coefficient (Wildman–Crippen LogP) is 4.53. The van der Waals surface area contributed by atoms with Gasteiger partial charge in [-0.15, -0.1) is 0 Å². The topological polar surface area (TPSA) is 12.0 Å². The van der Waals surface area contributed by atoms with Crippen molar-refractivity contribution in [2.45, 2.75) is 40.2 Å². The molecular weight excluding hydrogens is 263 g/mol. The molecule has 0 amide bonds. The lowest BCUT2D eigenvalue weighted by molar-refractivity contribution is 0.437. The number of nitrogens with one attached hydrogen (secondary N) is 1. The zero-order valence-electron chi connectivity index (χ0n) is 12.7. The van der Waals surface area contributed by atoms with E-state index in [1.54, 1.807) is 6.08 Å². The molecule has 0 spiro atoms. The Hall–Kier alpha value is -1.29. The van der Waals surface area contributed by atoms with Crippen LogP contribution in [0.3, 0.4) is 0 Å². The summed E-state index contributed by atoms with van der Waals surface area (Å²) in [5, 5.41) is 3.31. The molecule has 0 saturated heterocycles. The van der Waals surface area contributed by atoms with E-state index in [0.29, 0.717) is 12.6 Å². The van der Waals surface area contributed by atoms with Crippen molar-refractivity contribution in [2.75, 3.05) is 6.54 Å². The zero-order chi connectivity index (χ0) is 15.5. The van der Waals surface area contributed by atoms with Gasteiger partial charge in [-0.25, -0.2) is 13.2 Å². The molecule has 1 aromatic carbocycles. The third-order valence-corrected chi connectivity index (χ3v) is 2.94. The lowest BCUT2D eigenvalue weighted by Gasteiger charge is -2.23. The van der Waals surface area contributed by atoms with Gasteiger partial charge in [-0.1, -0.05) is 25.5 Å². The molecule has 1 N–H and O–H groups in total. The summed E-state index contributed by atoms with van der Waals surface area (Å²) < 4.78 is 39.8. The van der Waals surface area contributed by atoms with E-state index in [1.165, 1.54) is 0 Å². The van der Waals surface area contributed by atoms with Crippen molar-refractivity contribution in [1.82, 2.24) is 5.32 Å². The first-order valence-electron chi connectivity index (χ1n) is 6.70. The first-order valence-corrected chi connectivity index (χ1v) is 6.70. The van der Waals surface area contributed by atoms with E-state index in [1.807, 2.05) is 34.6 Å². The Balaban J connectivity index is 3.05. The molecule has 1 nitrogen and oxygen atoms in total. The van der Waals surface area contributed by atoms with E-state index in [9.17, 15) is 13.2 Å². The Morgan fingerprint density at radius 2 is 1.65 bits per heavy atom. The summed E-state index contributed by atoms with van der Waals surface area (Å²) in [5.74, 6) is -2.78. The molecule has 0 fully saturated rings. The Bertz CT molecular complexity index is 499. The predicted molar refractivity (Wildman–Crippen MR) is 76.9 cm³/mol.